The number of alkyl halides is 2. The number of hydrogen-bond acceptors (Lipinski definition) is 2. The van der Waals surface area contributed by atoms with Crippen molar-refractivity contribution in [1.29, 1.82) is 0 Å². The molecule has 0 aromatic heterocycles. The highest BCUT2D eigenvalue weighted by molar-refractivity contribution is 5.31. The molecule has 2 rings (SSSR count). The summed E-state index contributed by atoms with van der Waals surface area (Å²) in [6.45, 7) is -2.10. The second-order valence-corrected chi connectivity index (χ2v) is 2.77. The maximum Gasteiger partial charge on any atom is 0.387 e. The van der Waals surface area contributed by atoms with Crippen LogP contribution in [0.4, 0.5) is 8.78 Å². The number of halogens is 2. The first-order valence-corrected chi connectivity index (χ1v) is 3.92. The van der Waals surface area contributed by atoms with Crippen molar-refractivity contribution in [3.8, 4) is 5.75 Å². The molecular formula is C9H8F2O2. The molecule has 13 heavy (non-hydrogen) atoms. The Kier molecular flexibility index (Phi) is 2.14. The number of hydrogen-bond donors (Lipinski definition) is 0. The third-order valence-corrected chi connectivity index (χ3v) is 1.79. The fourth-order valence-electron chi connectivity index (χ4n) is 1.13. The Balaban J connectivity index is 2.12. The van der Waals surface area contributed by atoms with Gasteiger partial charge in [-0.1, -0.05) is 12.1 Å². The first kappa shape index (κ1) is 8.44. The van der Waals surface area contributed by atoms with E-state index < -0.39 is 6.61 Å². The van der Waals surface area contributed by atoms with Gasteiger partial charge >= 0.3 is 6.61 Å². The Labute approximate surface area is 74.1 Å². The van der Waals surface area contributed by atoms with Crippen LogP contribution in [0, 0.1) is 0 Å². The van der Waals surface area contributed by atoms with Gasteiger partial charge in [0.05, 0.1) is 6.61 Å². The lowest BCUT2D eigenvalue weighted by molar-refractivity contribution is -0.0499. The molecule has 70 valence electrons. The van der Waals surface area contributed by atoms with Crippen LogP contribution in [-0.4, -0.2) is 13.2 Å². The van der Waals surface area contributed by atoms with Crippen molar-refractivity contribution in [2.24, 2.45) is 0 Å². The predicted molar refractivity (Wildman–Crippen MR) is 41.8 cm³/mol. The van der Waals surface area contributed by atoms with Gasteiger partial charge in [0.2, 0.25) is 0 Å². The fourth-order valence-corrected chi connectivity index (χ4v) is 1.13. The topological polar surface area (TPSA) is 21.8 Å². The molecule has 1 aliphatic heterocycles. The van der Waals surface area contributed by atoms with E-state index in [-0.39, 0.29) is 11.9 Å². The molecule has 1 aromatic carbocycles. The zero-order valence-electron chi connectivity index (χ0n) is 6.74. The fraction of sp³-hybridized carbons (Fsp3) is 0.333. The lowest BCUT2D eigenvalue weighted by Crippen LogP contribution is -2.01. The summed E-state index contributed by atoms with van der Waals surface area (Å²) < 4.78 is 32.9. The first-order chi connectivity index (χ1) is 6.25. The summed E-state index contributed by atoms with van der Waals surface area (Å²) in [5, 5.41) is 0. The monoisotopic (exact) mass is 186 g/mol. The summed E-state index contributed by atoms with van der Waals surface area (Å²) in [7, 11) is 0. The van der Waals surface area contributed by atoms with Gasteiger partial charge in [-0.25, -0.2) is 0 Å². The molecule has 0 saturated carbocycles. The lowest BCUT2D eigenvalue weighted by Gasteiger charge is -2.04. The van der Waals surface area contributed by atoms with Crippen molar-refractivity contribution in [2.75, 3.05) is 6.61 Å². The molecule has 1 aliphatic rings. The molecule has 0 bridgehead atoms. The minimum atomic E-state index is -2.77. The van der Waals surface area contributed by atoms with Crippen molar-refractivity contribution in [2.45, 2.75) is 12.7 Å². The average Bonchev–Trinajstić information content (AvgIpc) is 2.85. The maximum atomic E-state index is 11.8. The molecule has 1 atom stereocenters. The largest absolute Gasteiger partial charge is 0.435 e. The minimum Gasteiger partial charge on any atom is -0.435 e. The van der Waals surface area contributed by atoms with Crippen molar-refractivity contribution in [1.82, 2.24) is 0 Å². The van der Waals surface area contributed by atoms with Gasteiger partial charge in [-0.05, 0) is 17.7 Å². The van der Waals surface area contributed by atoms with Gasteiger partial charge < -0.3 is 9.47 Å². The van der Waals surface area contributed by atoms with E-state index in [9.17, 15) is 8.78 Å². The molecule has 1 heterocycles. The molecular weight excluding hydrogens is 178 g/mol. The van der Waals surface area contributed by atoms with E-state index in [4.69, 9.17) is 4.74 Å². The molecule has 0 amide bonds. The molecule has 0 radical (unpaired) electrons. The van der Waals surface area contributed by atoms with E-state index in [0.717, 1.165) is 5.56 Å². The smallest absolute Gasteiger partial charge is 0.387 e. The van der Waals surface area contributed by atoms with Gasteiger partial charge in [0.25, 0.3) is 0 Å². The third kappa shape index (κ3) is 2.15. The summed E-state index contributed by atoms with van der Waals surface area (Å²) in [6.07, 6.45) is 0.0706. The van der Waals surface area contributed by atoms with Crippen molar-refractivity contribution < 1.29 is 18.3 Å². The highest BCUT2D eigenvalue weighted by atomic mass is 19.3. The van der Waals surface area contributed by atoms with E-state index in [1.807, 2.05) is 6.07 Å². The molecule has 2 nitrogen and oxygen atoms in total. The van der Waals surface area contributed by atoms with Gasteiger partial charge in [-0.2, -0.15) is 8.78 Å². The minimum absolute atomic E-state index is 0.0706. The molecule has 1 saturated heterocycles. The summed E-state index contributed by atoms with van der Waals surface area (Å²) in [4.78, 5) is 0. The van der Waals surface area contributed by atoms with Gasteiger partial charge in [0.15, 0.2) is 0 Å². The van der Waals surface area contributed by atoms with Crippen LogP contribution in [0.2, 0.25) is 0 Å². The average molecular weight is 186 g/mol. The number of epoxide rings is 1. The normalized spacial score (nSPS) is 20.4. The quantitative estimate of drug-likeness (QED) is 0.676. The first-order valence-electron chi connectivity index (χ1n) is 3.92. The van der Waals surface area contributed by atoms with Crippen molar-refractivity contribution in [3.63, 3.8) is 0 Å². The highest BCUT2D eigenvalue weighted by Gasteiger charge is 2.24. The molecule has 0 spiro atoms. The number of ether oxygens (including phenoxy) is 2. The van der Waals surface area contributed by atoms with E-state index in [0.29, 0.717) is 6.61 Å². The number of benzene rings is 1. The van der Waals surface area contributed by atoms with E-state index >= 15 is 0 Å². The summed E-state index contributed by atoms with van der Waals surface area (Å²) >= 11 is 0. The zero-order valence-corrected chi connectivity index (χ0v) is 6.74. The van der Waals surface area contributed by atoms with Crippen molar-refractivity contribution >= 4 is 0 Å². The van der Waals surface area contributed by atoms with Crippen LogP contribution in [-0.2, 0) is 4.74 Å². The van der Waals surface area contributed by atoms with Crippen LogP contribution in [0.5, 0.6) is 5.75 Å². The molecule has 1 unspecified atom stereocenters. The Bertz CT molecular complexity index is 297. The summed E-state index contributed by atoms with van der Waals surface area (Å²) in [6, 6.07) is 6.58. The zero-order chi connectivity index (χ0) is 9.26. The van der Waals surface area contributed by atoms with E-state index in [2.05, 4.69) is 4.74 Å². The van der Waals surface area contributed by atoms with Crippen LogP contribution in [0.25, 0.3) is 0 Å². The molecule has 1 aromatic rings. The molecule has 1 fully saturated rings. The Morgan fingerprint density at radius 2 is 2.23 bits per heavy atom. The Hall–Kier alpha value is -1.16. The van der Waals surface area contributed by atoms with Gasteiger partial charge in [-0.3, -0.25) is 0 Å². The standard InChI is InChI=1S/C9H8F2O2/c10-9(11)13-7-3-1-2-6(4-7)8-5-12-8/h1-4,8-9H,5H2. The van der Waals surface area contributed by atoms with E-state index in [1.54, 1.807) is 12.1 Å². The summed E-state index contributed by atoms with van der Waals surface area (Å²) in [5.41, 5.74) is 0.887. The van der Waals surface area contributed by atoms with Crippen LogP contribution in [0.1, 0.15) is 11.7 Å². The number of rotatable bonds is 3. The second-order valence-electron chi connectivity index (χ2n) is 2.77. The lowest BCUT2D eigenvalue weighted by atomic mass is 10.1. The molecule has 0 N–H and O–H groups in total. The Morgan fingerprint density at radius 3 is 2.85 bits per heavy atom. The van der Waals surface area contributed by atoms with Gasteiger partial charge in [0.1, 0.15) is 11.9 Å². The van der Waals surface area contributed by atoms with Gasteiger partial charge in [-0.15, -0.1) is 0 Å². The predicted octanol–water partition coefficient (Wildman–Crippen LogP) is 2.36. The third-order valence-electron chi connectivity index (χ3n) is 1.79. The van der Waals surface area contributed by atoms with Gasteiger partial charge in [0, 0.05) is 0 Å². The maximum absolute atomic E-state index is 11.8. The van der Waals surface area contributed by atoms with E-state index in [1.165, 1.54) is 6.07 Å². The highest BCUT2D eigenvalue weighted by Crippen LogP contribution is 2.31. The van der Waals surface area contributed by atoms with Crippen LogP contribution >= 0.6 is 0 Å². The summed E-state index contributed by atoms with van der Waals surface area (Å²) in [5.74, 6) is 0.183. The van der Waals surface area contributed by atoms with Crippen LogP contribution < -0.4 is 4.74 Å². The van der Waals surface area contributed by atoms with Crippen LogP contribution in [0.3, 0.4) is 0 Å². The second kappa shape index (κ2) is 3.30. The SMILES string of the molecule is FC(F)Oc1cccc(C2CO2)c1. The molecule has 0 aliphatic carbocycles. The Morgan fingerprint density at radius 1 is 1.46 bits per heavy atom. The van der Waals surface area contributed by atoms with Crippen LogP contribution in [0.15, 0.2) is 24.3 Å². The van der Waals surface area contributed by atoms with Crippen molar-refractivity contribution in [3.05, 3.63) is 29.8 Å². The molecule has 4 heteroatoms.